The predicted molar refractivity (Wildman–Crippen MR) is 304 cm³/mol. The summed E-state index contributed by atoms with van der Waals surface area (Å²) < 4.78 is 34.9. The topological polar surface area (TPSA) is 365 Å². The number of nitrogens with one attached hydrogen (secondary N) is 1. The molecule has 0 aromatic heterocycles. The van der Waals surface area contributed by atoms with Crippen LogP contribution < -0.4 is 5.32 Å². The van der Waals surface area contributed by atoms with Crippen LogP contribution in [0.25, 0.3) is 0 Å². The zero-order valence-electron chi connectivity index (χ0n) is 49.9. The first-order valence-electron chi connectivity index (χ1n) is 31.9. The Balaban J connectivity index is 1.63. The standard InChI is InChI=1S/C60H113NO21/c1-4-6-8-10-12-14-16-17-18-19-20-21-22-23-24-25-27-29-31-33-35-42(65)47(68)51(72)57(76)61-40(46(67)41(64)34-32-30-28-26-15-13-11-9-7-5-2)38-77-58-54(75)56(82-59-52(73)49(70)45(66)39(3)78-59)55(44(37-63)80-58)81-60-53(74)50(71)48(69)43(36-62)79-60/h39-46,48-56,58-60,62-67,69-75H,4-38H2,1-3H3,(H,61,76). The van der Waals surface area contributed by atoms with E-state index in [0.29, 0.717) is 12.8 Å². The van der Waals surface area contributed by atoms with E-state index in [2.05, 4.69) is 19.2 Å². The molecule has 0 bridgehead atoms. The van der Waals surface area contributed by atoms with Gasteiger partial charge >= 0.3 is 0 Å². The van der Waals surface area contributed by atoms with Gasteiger partial charge in [0.1, 0.15) is 79.4 Å². The number of hydrogen-bond donors (Lipinski definition) is 14. The Bertz CT molecular complexity index is 1620. The minimum absolute atomic E-state index is 0.00348. The van der Waals surface area contributed by atoms with Crippen LogP contribution in [0.2, 0.25) is 0 Å². The van der Waals surface area contributed by atoms with Gasteiger partial charge in [0.2, 0.25) is 0 Å². The van der Waals surface area contributed by atoms with E-state index >= 15 is 0 Å². The van der Waals surface area contributed by atoms with E-state index < -0.39 is 154 Å². The van der Waals surface area contributed by atoms with E-state index in [1.54, 1.807) is 0 Å². The minimum Gasteiger partial charge on any atom is -0.394 e. The maximum absolute atomic E-state index is 13.6. The Morgan fingerprint density at radius 2 is 0.841 bits per heavy atom. The molecule has 0 radical (unpaired) electrons. The van der Waals surface area contributed by atoms with Crippen LogP contribution >= 0.6 is 0 Å². The summed E-state index contributed by atoms with van der Waals surface area (Å²) in [6.07, 6.45) is 0.238. The molecule has 484 valence electrons. The van der Waals surface area contributed by atoms with E-state index in [9.17, 15) is 76.0 Å². The van der Waals surface area contributed by atoms with Crippen molar-refractivity contribution in [2.24, 2.45) is 0 Å². The van der Waals surface area contributed by atoms with Gasteiger partial charge in [-0.1, -0.05) is 206 Å². The number of ether oxygens (including phenoxy) is 6. The van der Waals surface area contributed by atoms with Gasteiger partial charge in [-0.3, -0.25) is 9.59 Å². The van der Waals surface area contributed by atoms with Crippen LogP contribution in [0.15, 0.2) is 0 Å². The third-order valence-corrected chi connectivity index (χ3v) is 16.6. The van der Waals surface area contributed by atoms with Gasteiger partial charge < -0.3 is 100 Å². The highest BCUT2D eigenvalue weighted by atomic mass is 16.8. The first kappa shape index (κ1) is 74.6. The Labute approximate surface area is 488 Å². The Morgan fingerprint density at radius 3 is 1.29 bits per heavy atom. The summed E-state index contributed by atoms with van der Waals surface area (Å²) in [6.45, 7) is 3.19. The quantitative estimate of drug-likeness (QED) is 0.0306. The lowest BCUT2D eigenvalue weighted by molar-refractivity contribution is -0.386. The molecular formula is C60H113NO21. The number of carbonyl (C=O) groups is 2. The molecule has 3 saturated heterocycles. The van der Waals surface area contributed by atoms with Gasteiger partial charge in [0.05, 0.1) is 38.1 Å². The van der Waals surface area contributed by atoms with E-state index in [4.69, 9.17) is 28.4 Å². The smallest absolute Gasteiger partial charge is 0.257 e. The van der Waals surface area contributed by atoms with Crippen LogP contribution in [0, 0.1) is 0 Å². The molecule has 3 rings (SSSR count). The molecule has 22 heteroatoms. The molecule has 0 spiro atoms. The highest BCUT2D eigenvalue weighted by molar-refractivity contribution is 6.05. The Hall–Kier alpha value is -1.62. The van der Waals surface area contributed by atoms with Crippen molar-refractivity contribution < 1.29 is 104 Å². The molecule has 3 aliphatic rings. The van der Waals surface area contributed by atoms with Crippen LogP contribution in [-0.2, 0) is 38.0 Å². The fourth-order valence-corrected chi connectivity index (χ4v) is 11.1. The lowest BCUT2D eigenvalue weighted by Crippen LogP contribution is -2.67. The third-order valence-electron chi connectivity index (χ3n) is 16.6. The lowest BCUT2D eigenvalue weighted by Gasteiger charge is -2.49. The highest BCUT2D eigenvalue weighted by Crippen LogP contribution is 2.34. The summed E-state index contributed by atoms with van der Waals surface area (Å²) in [7, 11) is 0. The SMILES string of the molecule is CCCCCCCCCCCCCCCCCCCCCCC(O)C(=O)C(O)C(=O)NC(COC1OC(CO)C(OC2OC(CO)C(O)C(O)C2O)C(OC2OC(C)C(O)C(O)C2O)C1O)C(O)C(O)CCCCCCCCCCCC. The number of amides is 1. The average Bonchev–Trinajstić information content (AvgIpc) is 3.16. The van der Waals surface area contributed by atoms with Crippen molar-refractivity contribution in [3.05, 3.63) is 0 Å². The molecule has 1 amide bonds. The second-order valence-corrected chi connectivity index (χ2v) is 23.6. The molecule has 82 heavy (non-hydrogen) atoms. The van der Waals surface area contributed by atoms with Crippen molar-refractivity contribution in [1.82, 2.24) is 5.32 Å². The summed E-state index contributed by atoms with van der Waals surface area (Å²) in [6, 6.07) is -1.62. The van der Waals surface area contributed by atoms with Crippen molar-refractivity contribution in [2.45, 2.75) is 349 Å². The summed E-state index contributed by atoms with van der Waals surface area (Å²) in [5.74, 6) is -2.49. The van der Waals surface area contributed by atoms with Crippen molar-refractivity contribution >= 4 is 11.7 Å². The molecule has 3 fully saturated rings. The molecule has 22 nitrogen and oxygen atoms in total. The highest BCUT2D eigenvalue weighted by Gasteiger charge is 2.54. The van der Waals surface area contributed by atoms with Crippen LogP contribution in [0.5, 0.6) is 0 Å². The predicted octanol–water partition coefficient (Wildman–Crippen LogP) is 3.50. The monoisotopic (exact) mass is 1180 g/mol. The maximum Gasteiger partial charge on any atom is 0.257 e. The van der Waals surface area contributed by atoms with E-state index in [1.165, 1.54) is 116 Å². The van der Waals surface area contributed by atoms with Gasteiger partial charge in [0.25, 0.3) is 5.91 Å². The number of aliphatic hydroxyl groups excluding tert-OH is 13. The number of aliphatic hydroxyl groups is 13. The van der Waals surface area contributed by atoms with Gasteiger partial charge in [-0.15, -0.1) is 0 Å². The lowest BCUT2D eigenvalue weighted by atomic mass is 9.96. The van der Waals surface area contributed by atoms with Gasteiger partial charge in [-0.25, -0.2) is 0 Å². The zero-order chi connectivity index (χ0) is 60.4. The maximum atomic E-state index is 13.6. The normalized spacial score (nSPS) is 30.7. The Kier molecular flexibility index (Phi) is 39.2. The number of Topliss-reactive ketones (excluding diaryl/α,β-unsaturated/α-hetero) is 1. The molecule has 14 N–H and O–H groups in total. The molecule has 3 heterocycles. The summed E-state index contributed by atoms with van der Waals surface area (Å²) in [5.41, 5.74) is 0. The van der Waals surface area contributed by atoms with E-state index in [1.807, 2.05) is 0 Å². The molecule has 0 saturated carbocycles. The van der Waals surface area contributed by atoms with Crippen LogP contribution in [0.3, 0.4) is 0 Å². The summed E-state index contributed by atoms with van der Waals surface area (Å²) >= 11 is 0. The number of ketones is 1. The van der Waals surface area contributed by atoms with Gasteiger partial charge in [0, 0.05) is 0 Å². The number of unbranched alkanes of at least 4 members (excludes halogenated alkanes) is 28. The summed E-state index contributed by atoms with van der Waals surface area (Å²) in [5, 5.41) is 143. The first-order chi connectivity index (χ1) is 39.4. The third kappa shape index (κ3) is 26.4. The molecule has 0 aromatic carbocycles. The second kappa shape index (κ2) is 43.1. The van der Waals surface area contributed by atoms with Gasteiger partial charge in [0.15, 0.2) is 30.8 Å². The zero-order valence-corrected chi connectivity index (χ0v) is 49.9. The van der Waals surface area contributed by atoms with E-state index in [0.717, 1.165) is 70.6 Å². The largest absolute Gasteiger partial charge is 0.394 e. The number of hydrogen-bond acceptors (Lipinski definition) is 21. The van der Waals surface area contributed by atoms with Crippen molar-refractivity contribution in [3.63, 3.8) is 0 Å². The molecule has 0 aliphatic carbocycles. The minimum atomic E-state index is -2.39. The van der Waals surface area contributed by atoms with Crippen LogP contribution in [-0.4, -0.2) is 220 Å². The van der Waals surface area contributed by atoms with Gasteiger partial charge in [-0.05, 0) is 19.8 Å². The first-order valence-corrected chi connectivity index (χ1v) is 31.9. The fraction of sp³-hybridized carbons (Fsp3) is 0.967. The molecule has 20 atom stereocenters. The Morgan fingerprint density at radius 1 is 0.451 bits per heavy atom. The van der Waals surface area contributed by atoms with Crippen molar-refractivity contribution in [1.29, 1.82) is 0 Å². The average molecular weight is 1180 g/mol. The molecule has 3 aliphatic heterocycles. The van der Waals surface area contributed by atoms with E-state index in [-0.39, 0.29) is 12.8 Å². The van der Waals surface area contributed by atoms with Crippen LogP contribution in [0.4, 0.5) is 0 Å². The van der Waals surface area contributed by atoms with Crippen molar-refractivity contribution in [2.75, 3.05) is 19.8 Å². The number of rotatable bonds is 47. The second-order valence-electron chi connectivity index (χ2n) is 23.6. The molecule has 0 aromatic rings. The number of carbonyl (C=O) groups excluding carboxylic acids is 2. The molecule has 20 unspecified atom stereocenters. The fourth-order valence-electron chi connectivity index (χ4n) is 11.1. The summed E-state index contributed by atoms with van der Waals surface area (Å²) in [4.78, 5) is 26.9. The van der Waals surface area contributed by atoms with Crippen LogP contribution in [0.1, 0.15) is 226 Å². The van der Waals surface area contributed by atoms with Crippen molar-refractivity contribution in [3.8, 4) is 0 Å². The molecular weight excluding hydrogens is 1070 g/mol. The van der Waals surface area contributed by atoms with Gasteiger partial charge in [-0.2, -0.15) is 0 Å².